The van der Waals surface area contributed by atoms with Crippen LogP contribution in [-0.4, -0.2) is 85.2 Å². The second kappa shape index (κ2) is 17.1. The van der Waals surface area contributed by atoms with E-state index in [1.807, 2.05) is 0 Å². The number of Topliss-reactive ketones (excluding diaryl/α,β-unsaturated/α-hetero) is 1. The normalized spacial score (nSPS) is 19.1. The smallest absolute Gasteiger partial charge is 0.342 e. The molecule has 12 nitrogen and oxygen atoms in total. The minimum absolute atomic E-state index is 0.0153. The number of allylic oxidation sites excluding steroid dienone is 1. The summed E-state index contributed by atoms with van der Waals surface area (Å²) in [6, 6.07) is 4.48. The van der Waals surface area contributed by atoms with Crippen LogP contribution >= 0.6 is 0 Å². The maximum atomic E-state index is 13.7. The van der Waals surface area contributed by atoms with Gasteiger partial charge in [-0.1, -0.05) is 12.2 Å². The maximum absolute atomic E-state index is 13.7. The fourth-order valence-electron chi connectivity index (χ4n) is 6.52. The van der Waals surface area contributed by atoms with Crippen molar-refractivity contribution >= 4 is 29.6 Å². The standard InChI is InChI=1S/C37H48N2O10/c1-22-10-9-13-27(41)12-8-6-7-11-24-18-29(42)34(35(44)33(24)37(45)49-22)28(25-19-30(46-3)36(48-5)31(20-25)47-4)21-32(43)38-26-14-16-39(17-15-26)23(2)40/h7,11,18-20,22,26,28,42,44H,6,8-10,12-17,21H2,1-5H3,(H,38,43)/b11-7+/t22-,28?/m0/s1. The van der Waals surface area contributed by atoms with Gasteiger partial charge in [0.15, 0.2) is 11.5 Å². The van der Waals surface area contributed by atoms with E-state index in [1.54, 1.807) is 36.1 Å². The molecule has 12 heteroatoms. The molecule has 2 aliphatic heterocycles. The van der Waals surface area contributed by atoms with Crippen molar-refractivity contribution < 1.29 is 48.3 Å². The highest BCUT2D eigenvalue weighted by molar-refractivity contribution is 5.98. The lowest BCUT2D eigenvalue weighted by Gasteiger charge is -2.32. The first-order valence-corrected chi connectivity index (χ1v) is 16.8. The van der Waals surface area contributed by atoms with Gasteiger partial charge in [0.25, 0.3) is 0 Å². The molecule has 266 valence electrons. The highest BCUT2D eigenvalue weighted by Gasteiger charge is 2.33. The van der Waals surface area contributed by atoms with Crippen LogP contribution < -0.4 is 19.5 Å². The summed E-state index contributed by atoms with van der Waals surface area (Å²) in [5.41, 5.74) is 0.506. The Labute approximate surface area is 287 Å². The topological polar surface area (TPSA) is 161 Å². The summed E-state index contributed by atoms with van der Waals surface area (Å²) in [7, 11) is 4.37. The van der Waals surface area contributed by atoms with Crippen molar-refractivity contribution in [2.75, 3.05) is 34.4 Å². The summed E-state index contributed by atoms with van der Waals surface area (Å²) in [6.45, 7) is 4.29. The molecule has 1 unspecified atom stereocenters. The maximum Gasteiger partial charge on any atom is 0.342 e. The van der Waals surface area contributed by atoms with E-state index in [4.69, 9.17) is 18.9 Å². The van der Waals surface area contributed by atoms with E-state index in [-0.39, 0.29) is 52.5 Å². The average Bonchev–Trinajstić information content (AvgIpc) is 3.06. The second-order valence-corrected chi connectivity index (χ2v) is 12.6. The Balaban J connectivity index is 1.81. The molecule has 2 aromatic carbocycles. The molecule has 4 rings (SSSR count). The highest BCUT2D eigenvalue weighted by atomic mass is 16.5. The van der Waals surface area contributed by atoms with Crippen LogP contribution in [0.25, 0.3) is 6.08 Å². The molecule has 0 aromatic heterocycles. The summed E-state index contributed by atoms with van der Waals surface area (Å²) >= 11 is 0. The van der Waals surface area contributed by atoms with Crippen LogP contribution in [0.5, 0.6) is 28.7 Å². The lowest BCUT2D eigenvalue weighted by molar-refractivity contribution is -0.130. The van der Waals surface area contributed by atoms with Crippen LogP contribution in [0.3, 0.4) is 0 Å². The van der Waals surface area contributed by atoms with Gasteiger partial charge in [0.1, 0.15) is 22.8 Å². The number of phenols is 2. The Kier molecular flexibility index (Phi) is 12.9. The molecule has 2 aliphatic rings. The SMILES string of the molecule is COc1cc(C(CC(=O)NC2CCN(C(C)=O)CC2)c2c(O)cc3c(c2O)C(=O)O[C@@H](C)CCCC(=O)CCC/C=C/3)cc(OC)c1OC. The molecule has 0 saturated carbocycles. The molecule has 0 bridgehead atoms. The van der Waals surface area contributed by atoms with Gasteiger partial charge in [-0.2, -0.15) is 0 Å². The van der Waals surface area contributed by atoms with Gasteiger partial charge in [0.05, 0.1) is 27.4 Å². The number of carbonyl (C=O) groups is 4. The first kappa shape index (κ1) is 37.1. The summed E-state index contributed by atoms with van der Waals surface area (Å²) in [5.74, 6) is -1.92. The van der Waals surface area contributed by atoms with Gasteiger partial charge in [0.2, 0.25) is 17.6 Å². The monoisotopic (exact) mass is 680 g/mol. The molecule has 3 N–H and O–H groups in total. The molecule has 2 aromatic rings. The number of benzene rings is 2. The summed E-state index contributed by atoms with van der Waals surface area (Å²) in [4.78, 5) is 53.2. The number of phenolic OH excluding ortho intramolecular Hbond substituents is 2. The van der Waals surface area contributed by atoms with Crippen LogP contribution in [0.2, 0.25) is 0 Å². The van der Waals surface area contributed by atoms with E-state index >= 15 is 0 Å². The number of aromatic hydroxyl groups is 2. The molecule has 49 heavy (non-hydrogen) atoms. The fourth-order valence-corrected chi connectivity index (χ4v) is 6.52. The number of methoxy groups -OCH3 is 3. The second-order valence-electron chi connectivity index (χ2n) is 12.6. The number of rotatable bonds is 8. The molecule has 2 heterocycles. The van der Waals surface area contributed by atoms with Crippen molar-refractivity contribution in [2.24, 2.45) is 0 Å². The fraction of sp³-hybridized carbons (Fsp3) is 0.514. The first-order chi connectivity index (χ1) is 23.5. The van der Waals surface area contributed by atoms with Crippen LogP contribution in [0, 0.1) is 0 Å². The van der Waals surface area contributed by atoms with Crippen molar-refractivity contribution in [2.45, 2.75) is 89.7 Å². The zero-order valence-electron chi connectivity index (χ0n) is 29.0. The molecule has 1 saturated heterocycles. The third kappa shape index (κ3) is 9.24. The lowest BCUT2D eigenvalue weighted by atomic mass is 9.84. The zero-order valence-corrected chi connectivity index (χ0v) is 29.0. The quantitative estimate of drug-likeness (QED) is 0.314. The number of piperidine rings is 1. The van der Waals surface area contributed by atoms with E-state index in [0.29, 0.717) is 87.3 Å². The minimum atomic E-state index is -0.982. The van der Waals surface area contributed by atoms with Gasteiger partial charge in [-0.05, 0) is 74.8 Å². The Morgan fingerprint density at radius 3 is 2.24 bits per heavy atom. The molecule has 1 fully saturated rings. The molecular formula is C37H48N2O10. The number of esters is 1. The van der Waals surface area contributed by atoms with E-state index in [1.165, 1.54) is 34.3 Å². The van der Waals surface area contributed by atoms with Crippen molar-refractivity contribution in [3.05, 3.63) is 46.5 Å². The Bertz CT molecular complexity index is 1540. The number of ether oxygens (including phenoxy) is 4. The molecule has 2 amide bonds. The Morgan fingerprint density at radius 1 is 0.980 bits per heavy atom. The number of nitrogens with one attached hydrogen (secondary N) is 1. The van der Waals surface area contributed by atoms with Gasteiger partial charge < -0.3 is 39.4 Å². The predicted molar refractivity (Wildman–Crippen MR) is 182 cm³/mol. The van der Waals surface area contributed by atoms with Crippen LogP contribution in [0.1, 0.15) is 105 Å². The van der Waals surface area contributed by atoms with E-state index in [2.05, 4.69) is 5.32 Å². The van der Waals surface area contributed by atoms with Crippen LogP contribution in [0.15, 0.2) is 24.3 Å². The number of ketones is 1. The van der Waals surface area contributed by atoms with Crippen molar-refractivity contribution in [3.8, 4) is 28.7 Å². The zero-order chi connectivity index (χ0) is 35.7. The highest BCUT2D eigenvalue weighted by Crippen LogP contribution is 2.47. The summed E-state index contributed by atoms with van der Waals surface area (Å²) in [5, 5.41) is 26.5. The third-order valence-corrected chi connectivity index (χ3v) is 9.18. The number of amides is 2. The van der Waals surface area contributed by atoms with E-state index in [9.17, 15) is 29.4 Å². The molecule has 0 spiro atoms. The molecule has 0 radical (unpaired) electrons. The Hall–Kier alpha value is -4.74. The lowest BCUT2D eigenvalue weighted by Crippen LogP contribution is -2.46. The van der Waals surface area contributed by atoms with Crippen molar-refractivity contribution in [1.82, 2.24) is 10.2 Å². The molecule has 2 atom stereocenters. The van der Waals surface area contributed by atoms with Crippen molar-refractivity contribution in [3.63, 3.8) is 0 Å². The number of hydrogen-bond donors (Lipinski definition) is 3. The van der Waals surface area contributed by atoms with Gasteiger partial charge in [0, 0.05) is 56.8 Å². The first-order valence-electron chi connectivity index (χ1n) is 16.8. The van der Waals surface area contributed by atoms with Gasteiger partial charge in [-0.3, -0.25) is 14.4 Å². The largest absolute Gasteiger partial charge is 0.507 e. The number of nitrogens with zero attached hydrogens (tertiary/aromatic N) is 1. The number of carbonyl (C=O) groups excluding carboxylic acids is 4. The third-order valence-electron chi connectivity index (χ3n) is 9.18. The molecule has 0 aliphatic carbocycles. The van der Waals surface area contributed by atoms with Crippen LogP contribution in [0.4, 0.5) is 0 Å². The van der Waals surface area contributed by atoms with Gasteiger partial charge in [-0.15, -0.1) is 0 Å². The predicted octanol–water partition coefficient (Wildman–Crippen LogP) is 5.25. The Morgan fingerprint density at radius 2 is 1.63 bits per heavy atom. The number of hydrogen-bond acceptors (Lipinski definition) is 10. The molecular weight excluding hydrogens is 632 g/mol. The number of likely N-dealkylation sites (tertiary alicyclic amines) is 1. The van der Waals surface area contributed by atoms with Gasteiger partial charge in [-0.25, -0.2) is 4.79 Å². The number of fused-ring (bicyclic) bond motifs is 1. The van der Waals surface area contributed by atoms with E-state index < -0.39 is 23.7 Å². The van der Waals surface area contributed by atoms with Crippen molar-refractivity contribution in [1.29, 1.82) is 0 Å². The summed E-state index contributed by atoms with van der Waals surface area (Å²) in [6.07, 6.45) is 6.87. The van der Waals surface area contributed by atoms with E-state index in [0.717, 1.165) is 0 Å². The summed E-state index contributed by atoms with van der Waals surface area (Å²) < 4.78 is 22.4. The number of cyclic esters (lactones) is 1. The average molecular weight is 681 g/mol. The van der Waals surface area contributed by atoms with Gasteiger partial charge >= 0.3 is 5.97 Å². The minimum Gasteiger partial charge on any atom is -0.507 e. The van der Waals surface area contributed by atoms with Crippen LogP contribution in [-0.2, 0) is 19.1 Å².